The second kappa shape index (κ2) is 27.4. The first-order valence-electron chi connectivity index (χ1n) is 42.0. The quantitative estimate of drug-likeness (QED) is 0.123. The maximum absolute atomic E-state index is 3.49. The predicted octanol–water partition coefficient (Wildman–Crippen LogP) is 30.3. The van der Waals surface area contributed by atoms with Gasteiger partial charge < -0.3 is 32.7 Å². The van der Waals surface area contributed by atoms with Crippen LogP contribution in [0.2, 0.25) is 0 Å². The summed E-state index contributed by atoms with van der Waals surface area (Å²) >= 11 is 0. The van der Waals surface area contributed by atoms with Crippen molar-refractivity contribution in [3.05, 3.63) is 431 Å². The first-order valence-corrected chi connectivity index (χ1v) is 42.0. The van der Waals surface area contributed by atoms with Crippen molar-refractivity contribution >= 4 is 137 Å². The average Bonchev–Trinajstić information content (AvgIpc) is 1.59. The van der Waals surface area contributed by atoms with Crippen molar-refractivity contribution < 1.29 is 0 Å². The molecule has 122 heavy (non-hydrogen) atoms. The summed E-state index contributed by atoms with van der Waals surface area (Å²) in [5.74, 6) is 0. The SMILES string of the molecule is CNc1ccc(-c2ccc(-n3c4ccc(-c5ccc6c(c5)c5ccccc5n6-c5ccccc5)cc4c4cc(-c5ccc6c(c5)c5ccccc5n6-c5ccccc5)ccc43)cc2)c(-c2ccc(-n3c4ccc(-c5ccc6c(c5)c5ccccc5n6-c5ccccc5)cc4c4cc(-c5ccc6c(c5)c5ccccc5n6-c5ccccc5)ccc43)cc2)c1. The van der Waals surface area contributed by atoms with E-state index in [0.29, 0.717) is 0 Å². The lowest BCUT2D eigenvalue weighted by molar-refractivity contribution is 1.18. The summed E-state index contributed by atoms with van der Waals surface area (Å²) < 4.78 is 14.5. The van der Waals surface area contributed by atoms with E-state index in [0.717, 1.165) is 84.1 Å². The summed E-state index contributed by atoms with van der Waals surface area (Å²) in [6, 6.07) is 160. The average molecular weight is 1550 g/mol. The lowest BCUT2D eigenvalue weighted by Gasteiger charge is -2.15. The minimum absolute atomic E-state index is 1.04. The van der Waals surface area contributed by atoms with Crippen LogP contribution in [0.5, 0.6) is 0 Å². The molecule has 7 heteroatoms. The number of anilines is 1. The smallest absolute Gasteiger partial charge is 0.0541 e. The lowest BCUT2D eigenvalue weighted by Crippen LogP contribution is -1.96. The van der Waals surface area contributed by atoms with Crippen LogP contribution in [0.25, 0.3) is 232 Å². The fraction of sp³-hybridized carbons (Fsp3) is 0.00870. The van der Waals surface area contributed by atoms with Gasteiger partial charge in [0.05, 0.1) is 66.2 Å². The maximum Gasteiger partial charge on any atom is 0.0541 e. The highest BCUT2D eigenvalue weighted by Gasteiger charge is 2.24. The van der Waals surface area contributed by atoms with E-state index in [2.05, 4.69) is 463 Å². The van der Waals surface area contributed by atoms with E-state index in [9.17, 15) is 0 Å². The Morgan fingerprint density at radius 2 is 0.328 bits per heavy atom. The molecule has 0 aliphatic carbocycles. The first kappa shape index (κ1) is 69.0. The number of hydrogen-bond donors (Lipinski definition) is 1. The molecule has 1 N–H and O–H groups in total. The van der Waals surface area contributed by atoms with Crippen molar-refractivity contribution in [3.8, 4) is 101 Å². The molecule has 0 fully saturated rings. The zero-order valence-electron chi connectivity index (χ0n) is 66.7. The molecule has 0 radical (unpaired) electrons. The molecule has 0 atom stereocenters. The third kappa shape index (κ3) is 10.8. The third-order valence-electron chi connectivity index (χ3n) is 25.8. The number of rotatable bonds is 13. The van der Waals surface area contributed by atoms with Gasteiger partial charge in [-0.2, -0.15) is 0 Å². The van der Waals surface area contributed by atoms with Gasteiger partial charge in [0.2, 0.25) is 0 Å². The number of hydrogen-bond acceptors (Lipinski definition) is 1. The van der Waals surface area contributed by atoms with Gasteiger partial charge in [-0.25, -0.2) is 0 Å². The molecule has 0 aliphatic heterocycles. The zero-order valence-corrected chi connectivity index (χ0v) is 66.7. The molecule has 0 bridgehead atoms. The largest absolute Gasteiger partial charge is 0.388 e. The molecule has 25 aromatic rings. The third-order valence-corrected chi connectivity index (χ3v) is 25.8. The minimum Gasteiger partial charge on any atom is -0.388 e. The molecule has 0 spiro atoms. The summed E-state index contributed by atoms with van der Waals surface area (Å²) in [6.07, 6.45) is 0. The monoisotopic (exact) mass is 1550 g/mol. The topological polar surface area (TPSA) is 41.6 Å². The Morgan fingerprint density at radius 3 is 0.566 bits per heavy atom. The van der Waals surface area contributed by atoms with Crippen molar-refractivity contribution in [2.45, 2.75) is 0 Å². The number of nitrogens with one attached hydrogen (secondary N) is 1. The number of nitrogens with zero attached hydrogens (tertiary/aromatic N) is 6. The molecule has 0 aliphatic rings. The van der Waals surface area contributed by atoms with Gasteiger partial charge in [-0.3, -0.25) is 0 Å². The van der Waals surface area contributed by atoms with Crippen molar-refractivity contribution in [1.82, 2.24) is 27.4 Å². The Balaban J connectivity index is 0.602. The lowest BCUT2D eigenvalue weighted by atomic mass is 9.93. The molecule has 0 saturated carbocycles. The van der Waals surface area contributed by atoms with Crippen LogP contribution in [0, 0.1) is 0 Å². The van der Waals surface area contributed by atoms with Gasteiger partial charge >= 0.3 is 0 Å². The molecule has 0 saturated heterocycles. The van der Waals surface area contributed by atoms with Crippen LogP contribution in [0.1, 0.15) is 0 Å². The summed E-state index contributed by atoms with van der Waals surface area (Å²) in [5, 5.41) is 18.1. The van der Waals surface area contributed by atoms with Crippen LogP contribution in [-0.4, -0.2) is 34.5 Å². The summed E-state index contributed by atoms with van der Waals surface area (Å²) in [7, 11) is 2.01. The fourth-order valence-electron chi connectivity index (χ4n) is 20.1. The van der Waals surface area contributed by atoms with E-state index in [4.69, 9.17) is 0 Å². The van der Waals surface area contributed by atoms with Gasteiger partial charge in [0.1, 0.15) is 0 Å². The summed E-state index contributed by atoms with van der Waals surface area (Å²) in [6.45, 7) is 0. The molecule has 7 nitrogen and oxygen atoms in total. The van der Waals surface area contributed by atoms with Gasteiger partial charge in [0.25, 0.3) is 0 Å². The van der Waals surface area contributed by atoms with Crippen LogP contribution in [0.4, 0.5) is 5.69 Å². The highest BCUT2D eigenvalue weighted by molar-refractivity contribution is 6.18. The van der Waals surface area contributed by atoms with E-state index in [1.807, 2.05) is 7.05 Å². The van der Waals surface area contributed by atoms with Crippen LogP contribution in [-0.2, 0) is 0 Å². The second-order valence-electron chi connectivity index (χ2n) is 32.4. The molecule has 6 heterocycles. The van der Waals surface area contributed by atoms with Crippen molar-refractivity contribution in [3.63, 3.8) is 0 Å². The van der Waals surface area contributed by atoms with Crippen LogP contribution in [0.3, 0.4) is 0 Å². The second-order valence-corrected chi connectivity index (χ2v) is 32.4. The van der Waals surface area contributed by atoms with Crippen molar-refractivity contribution in [1.29, 1.82) is 0 Å². The highest BCUT2D eigenvalue weighted by atomic mass is 15.0. The Kier molecular flexibility index (Phi) is 15.5. The Bertz CT molecular complexity index is 8140. The Morgan fingerprint density at radius 1 is 0.139 bits per heavy atom. The number of benzene rings is 19. The first-order chi connectivity index (χ1) is 60.4. The van der Waals surface area contributed by atoms with Gasteiger partial charge in [0.15, 0.2) is 0 Å². The van der Waals surface area contributed by atoms with Crippen molar-refractivity contribution in [2.75, 3.05) is 12.4 Å². The number of aromatic nitrogens is 6. The molecule has 0 amide bonds. The summed E-state index contributed by atoms with van der Waals surface area (Å²) in [5.41, 5.74) is 35.8. The number of para-hydroxylation sites is 8. The van der Waals surface area contributed by atoms with E-state index in [1.54, 1.807) is 0 Å². The zero-order chi connectivity index (χ0) is 80.2. The Labute approximate surface area is 703 Å². The fourth-order valence-corrected chi connectivity index (χ4v) is 20.1. The molecule has 6 aromatic heterocycles. The minimum atomic E-state index is 1.04. The predicted molar refractivity (Wildman–Crippen MR) is 515 cm³/mol. The standard InChI is InChI=1S/C115H75N7/c1-116-83-50-55-90(73-38-51-88(52-39-73)121-112-60-46-79(75-42-56-108-96(64-75)91-30-14-18-34-104(91)117(108)84-22-6-2-7-23-84)68-100(112)101-69-80(47-61-113(101)121)76-43-57-109-97(65-76)92-31-15-19-35-105(92)118(109)85-24-8-3-9-25-85)95(72-83)74-40-53-89(54-41-74)122-114-62-48-81(77-44-58-110-98(66-77)93-32-16-20-36-106(93)119(110)86-26-10-4-11-27-86)70-102(114)103-71-82(49-63-115(103)122)78-45-59-111-99(67-78)94-33-17-21-37-107(94)120(111)87-28-12-5-13-29-87/h2-72,116H,1H3. The normalized spacial score (nSPS) is 12.0. The molecule has 0 unspecified atom stereocenters. The van der Waals surface area contributed by atoms with Gasteiger partial charge in [-0.15, -0.1) is 0 Å². The maximum atomic E-state index is 3.49. The van der Waals surface area contributed by atoms with E-state index in [-0.39, 0.29) is 0 Å². The molecule has 25 rings (SSSR count). The van der Waals surface area contributed by atoms with Gasteiger partial charge in [-0.05, 0) is 273 Å². The van der Waals surface area contributed by atoms with Crippen LogP contribution >= 0.6 is 0 Å². The van der Waals surface area contributed by atoms with Gasteiger partial charge in [-0.1, -0.05) is 224 Å². The molecule has 19 aromatic carbocycles. The van der Waals surface area contributed by atoms with Gasteiger partial charge in [0, 0.05) is 111 Å². The Hall–Kier alpha value is -16.2. The number of fused-ring (bicyclic) bond motifs is 18. The van der Waals surface area contributed by atoms with Crippen molar-refractivity contribution in [2.24, 2.45) is 0 Å². The highest BCUT2D eigenvalue weighted by Crippen LogP contribution is 2.47. The molecular formula is C115H75N7. The van der Waals surface area contributed by atoms with E-state index < -0.39 is 0 Å². The van der Waals surface area contributed by atoms with Crippen LogP contribution in [0.15, 0.2) is 431 Å². The van der Waals surface area contributed by atoms with E-state index in [1.165, 1.54) is 153 Å². The molecular weight excluding hydrogens is 1480 g/mol. The van der Waals surface area contributed by atoms with E-state index >= 15 is 0 Å². The molecule has 570 valence electrons. The summed E-state index contributed by atoms with van der Waals surface area (Å²) in [4.78, 5) is 0. The van der Waals surface area contributed by atoms with Crippen LogP contribution < -0.4 is 5.32 Å².